The molecule has 0 atom stereocenters. The van der Waals surface area contributed by atoms with E-state index in [2.05, 4.69) is 4.74 Å². The van der Waals surface area contributed by atoms with Crippen LogP contribution in [0, 0.1) is 0 Å². The Balaban J connectivity index is 2.79. The van der Waals surface area contributed by atoms with Gasteiger partial charge < -0.3 is 9.15 Å². The van der Waals surface area contributed by atoms with Gasteiger partial charge in [0.2, 0.25) is 5.76 Å². The van der Waals surface area contributed by atoms with Crippen LogP contribution in [-0.4, -0.2) is 13.1 Å². The van der Waals surface area contributed by atoms with Crippen LogP contribution in [0.5, 0.6) is 0 Å². The standard InChI is InChI=1S/C11H7ClO4/c1-15-10(13)8-5-6-3-2-4-7(12)9(6)11(14)16-8/h2-5H,1H3. The molecular formula is C11H7ClO4. The van der Waals surface area contributed by atoms with Crippen LogP contribution in [0.1, 0.15) is 10.6 Å². The summed E-state index contributed by atoms with van der Waals surface area (Å²) in [5.74, 6) is -0.832. The largest absolute Gasteiger partial charge is 0.463 e. The van der Waals surface area contributed by atoms with Crippen molar-refractivity contribution < 1.29 is 13.9 Å². The zero-order valence-electron chi connectivity index (χ0n) is 8.32. The predicted molar refractivity (Wildman–Crippen MR) is 58.8 cm³/mol. The van der Waals surface area contributed by atoms with Crippen molar-refractivity contribution >= 4 is 28.3 Å². The van der Waals surface area contributed by atoms with Crippen LogP contribution < -0.4 is 5.63 Å². The SMILES string of the molecule is COC(=O)c1cc2cccc(Cl)c2c(=O)o1. The first-order valence-corrected chi connectivity index (χ1v) is 4.82. The maximum atomic E-state index is 11.6. The Morgan fingerprint density at radius 1 is 1.44 bits per heavy atom. The van der Waals surface area contributed by atoms with E-state index < -0.39 is 11.6 Å². The number of rotatable bonds is 1. The molecule has 4 nitrogen and oxygen atoms in total. The van der Waals surface area contributed by atoms with Gasteiger partial charge in [0.1, 0.15) is 0 Å². The van der Waals surface area contributed by atoms with Crippen molar-refractivity contribution in [1.29, 1.82) is 0 Å². The Bertz CT molecular complexity index is 615. The van der Waals surface area contributed by atoms with Crippen molar-refractivity contribution in [3.63, 3.8) is 0 Å². The van der Waals surface area contributed by atoms with Crippen molar-refractivity contribution in [3.8, 4) is 0 Å². The number of fused-ring (bicyclic) bond motifs is 1. The minimum absolute atomic E-state index is 0.137. The highest BCUT2D eigenvalue weighted by molar-refractivity contribution is 6.35. The molecule has 0 amide bonds. The van der Waals surface area contributed by atoms with Crippen molar-refractivity contribution in [2.24, 2.45) is 0 Å². The number of benzene rings is 1. The number of esters is 1. The summed E-state index contributed by atoms with van der Waals surface area (Å²) in [6, 6.07) is 6.36. The third kappa shape index (κ3) is 1.67. The lowest BCUT2D eigenvalue weighted by atomic mass is 10.1. The number of methoxy groups -OCH3 is 1. The van der Waals surface area contributed by atoms with Crippen LogP contribution in [0.3, 0.4) is 0 Å². The van der Waals surface area contributed by atoms with Crippen LogP contribution in [0.4, 0.5) is 0 Å². The van der Waals surface area contributed by atoms with Gasteiger partial charge in [-0.15, -0.1) is 0 Å². The Labute approximate surface area is 95.4 Å². The summed E-state index contributed by atoms with van der Waals surface area (Å²) in [6.07, 6.45) is 0. The fourth-order valence-electron chi connectivity index (χ4n) is 1.40. The molecule has 1 aromatic carbocycles. The van der Waals surface area contributed by atoms with Gasteiger partial charge in [-0.05, 0) is 17.5 Å². The highest BCUT2D eigenvalue weighted by Gasteiger charge is 2.13. The molecular weight excluding hydrogens is 232 g/mol. The smallest absolute Gasteiger partial charge is 0.374 e. The normalized spacial score (nSPS) is 10.4. The van der Waals surface area contributed by atoms with Gasteiger partial charge in [-0.25, -0.2) is 9.59 Å². The highest BCUT2D eigenvalue weighted by Crippen LogP contribution is 2.20. The summed E-state index contributed by atoms with van der Waals surface area (Å²) in [5, 5.41) is 1.10. The predicted octanol–water partition coefficient (Wildman–Crippen LogP) is 2.23. The molecule has 0 aliphatic heterocycles. The molecule has 0 aliphatic rings. The summed E-state index contributed by atoms with van der Waals surface area (Å²) in [7, 11) is 1.21. The number of carbonyl (C=O) groups excluding carboxylic acids is 1. The van der Waals surface area contributed by atoms with Crippen molar-refractivity contribution in [3.05, 3.63) is 45.5 Å². The molecule has 82 valence electrons. The van der Waals surface area contributed by atoms with Crippen LogP contribution in [0.15, 0.2) is 33.5 Å². The van der Waals surface area contributed by atoms with E-state index in [1.807, 2.05) is 0 Å². The summed E-state index contributed by atoms with van der Waals surface area (Å²) in [5.41, 5.74) is -0.650. The second kappa shape index (κ2) is 3.98. The number of ether oxygens (including phenoxy) is 1. The summed E-state index contributed by atoms with van der Waals surface area (Å²) >= 11 is 5.85. The highest BCUT2D eigenvalue weighted by atomic mass is 35.5. The molecule has 1 aromatic heterocycles. The van der Waals surface area contributed by atoms with Gasteiger partial charge in [0.25, 0.3) is 0 Å². The van der Waals surface area contributed by atoms with Crippen LogP contribution in [-0.2, 0) is 4.74 Å². The summed E-state index contributed by atoms with van der Waals surface area (Å²) < 4.78 is 9.28. The average Bonchev–Trinajstić information content (AvgIpc) is 2.27. The lowest BCUT2D eigenvalue weighted by molar-refractivity contribution is 0.0560. The molecule has 2 rings (SSSR count). The second-order valence-electron chi connectivity index (χ2n) is 3.09. The summed E-state index contributed by atoms with van der Waals surface area (Å²) in [4.78, 5) is 22.8. The summed E-state index contributed by atoms with van der Waals surface area (Å²) in [6.45, 7) is 0. The lowest BCUT2D eigenvalue weighted by Crippen LogP contribution is -2.08. The zero-order chi connectivity index (χ0) is 11.7. The number of hydrogen-bond donors (Lipinski definition) is 0. The van der Waals surface area contributed by atoms with Crippen molar-refractivity contribution in [2.45, 2.75) is 0 Å². The molecule has 0 spiro atoms. The molecule has 0 radical (unpaired) electrons. The first-order chi connectivity index (χ1) is 7.63. The molecule has 0 fully saturated rings. The maximum absolute atomic E-state index is 11.6. The fraction of sp³-hybridized carbons (Fsp3) is 0.0909. The van der Waals surface area contributed by atoms with Gasteiger partial charge in [0.15, 0.2) is 0 Å². The molecule has 5 heteroatoms. The van der Waals surface area contributed by atoms with E-state index >= 15 is 0 Å². The topological polar surface area (TPSA) is 56.5 Å². The first kappa shape index (κ1) is 10.7. The molecule has 0 aliphatic carbocycles. The van der Waals surface area contributed by atoms with Gasteiger partial charge in [-0.1, -0.05) is 23.7 Å². The monoisotopic (exact) mass is 238 g/mol. The van der Waals surface area contributed by atoms with Crippen LogP contribution in [0.2, 0.25) is 5.02 Å². The van der Waals surface area contributed by atoms with E-state index in [-0.39, 0.29) is 11.1 Å². The number of hydrogen-bond acceptors (Lipinski definition) is 4. The number of halogens is 1. The molecule has 2 aromatic rings. The fourth-order valence-corrected chi connectivity index (χ4v) is 1.66. The van der Waals surface area contributed by atoms with Gasteiger partial charge in [-0.2, -0.15) is 0 Å². The second-order valence-corrected chi connectivity index (χ2v) is 3.50. The zero-order valence-corrected chi connectivity index (χ0v) is 9.08. The van der Waals surface area contributed by atoms with Crippen LogP contribution in [0.25, 0.3) is 10.8 Å². The molecule has 0 N–H and O–H groups in total. The average molecular weight is 239 g/mol. The molecule has 0 saturated heterocycles. The van der Waals surface area contributed by atoms with E-state index in [0.29, 0.717) is 10.4 Å². The lowest BCUT2D eigenvalue weighted by Gasteiger charge is -2.01. The van der Waals surface area contributed by atoms with Crippen LogP contribution >= 0.6 is 11.6 Å². The van der Waals surface area contributed by atoms with Gasteiger partial charge in [0.05, 0.1) is 17.5 Å². The number of carbonyl (C=O) groups is 1. The van der Waals surface area contributed by atoms with E-state index in [1.165, 1.54) is 13.2 Å². The molecule has 1 heterocycles. The van der Waals surface area contributed by atoms with E-state index in [0.717, 1.165) is 0 Å². The quantitative estimate of drug-likeness (QED) is 0.715. The Morgan fingerprint density at radius 2 is 2.19 bits per heavy atom. The van der Waals surface area contributed by atoms with Gasteiger partial charge >= 0.3 is 11.6 Å². The Kier molecular flexibility index (Phi) is 2.66. The van der Waals surface area contributed by atoms with Crippen molar-refractivity contribution in [2.75, 3.05) is 7.11 Å². The Morgan fingerprint density at radius 3 is 2.88 bits per heavy atom. The minimum Gasteiger partial charge on any atom is -0.463 e. The van der Waals surface area contributed by atoms with E-state index in [9.17, 15) is 9.59 Å². The minimum atomic E-state index is -0.695. The molecule has 16 heavy (non-hydrogen) atoms. The third-order valence-electron chi connectivity index (χ3n) is 2.13. The van der Waals surface area contributed by atoms with E-state index in [1.54, 1.807) is 18.2 Å². The maximum Gasteiger partial charge on any atom is 0.374 e. The van der Waals surface area contributed by atoms with E-state index in [4.69, 9.17) is 16.0 Å². The third-order valence-corrected chi connectivity index (χ3v) is 2.44. The van der Waals surface area contributed by atoms with Crippen molar-refractivity contribution in [1.82, 2.24) is 0 Å². The molecule has 0 unspecified atom stereocenters. The first-order valence-electron chi connectivity index (χ1n) is 4.44. The van der Waals surface area contributed by atoms with Gasteiger partial charge in [-0.3, -0.25) is 0 Å². The molecule has 0 saturated carbocycles. The van der Waals surface area contributed by atoms with Gasteiger partial charge in [0, 0.05) is 0 Å². The molecule has 0 bridgehead atoms. The Hall–Kier alpha value is -1.81.